The highest BCUT2D eigenvalue weighted by atomic mass is 16.5. The van der Waals surface area contributed by atoms with Gasteiger partial charge in [-0.05, 0) is 62.6 Å². The molecule has 0 saturated carbocycles. The van der Waals surface area contributed by atoms with E-state index in [1.165, 1.54) is 0 Å². The average Bonchev–Trinajstić information content (AvgIpc) is 3.10. The minimum absolute atomic E-state index is 0.0718. The smallest absolute Gasteiger partial charge is 0.265 e. The number of para-hydroxylation sites is 2. The molecule has 2 aromatic carbocycles. The Hall–Kier alpha value is -3.74. The molecule has 0 fully saturated rings. The van der Waals surface area contributed by atoms with E-state index in [0.717, 1.165) is 28.9 Å². The summed E-state index contributed by atoms with van der Waals surface area (Å²) < 4.78 is 9.30. The number of aryl methyl sites for hydroxylation is 1. The highest BCUT2D eigenvalue weighted by molar-refractivity contribution is 6.05. The summed E-state index contributed by atoms with van der Waals surface area (Å²) in [7, 11) is 0. The first-order valence-electron chi connectivity index (χ1n) is 11.4. The molecule has 0 aliphatic rings. The van der Waals surface area contributed by atoms with Gasteiger partial charge in [0.25, 0.3) is 5.56 Å². The number of ether oxygens (including phenoxy) is 1. The normalized spacial score (nSPS) is 11.8. The Kier molecular flexibility index (Phi) is 5.32. The molecule has 0 aliphatic carbocycles. The molecule has 3 aromatic heterocycles. The number of fused-ring (bicyclic) bond motifs is 4. The van der Waals surface area contributed by atoms with Crippen molar-refractivity contribution in [1.29, 1.82) is 0 Å². The van der Waals surface area contributed by atoms with E-state index in [2.05, 4.69) is 13.8 Å². The second kappa shape index (κ2) is 8.31. The van der Waals surface area contributed by atoms with Crippen molar-refractivity contribution in [2.24, 2.45) is 5.92 Å². The molecule has 0 saturated heterocycles. The van der Waals surface area contributed by atoms with Gasteiger partial charge in [0.1, 0.15) is 22.5 Å². The molecule has 7 heteroatoms. The lowest BCUT2D eigenvalue weighted by molar-refractivity contribution is 0.340. The summed E-state index contributed by atoms with van der Waals surface area (Å²) in [6.45, 7) is 9.38. The molecule has 5 rings (SSSR count). The lowest BCUT2D eigenvalue weighted by atomic mass is 10.1. The molecule has 0 spiro atoms. The van der Waals surface area contributed by atoms with Gasteiger partial charge >= 0.3 is 0 Å². The van der Waals surface area contributed by atoms with E-state index < -0.39 is 0 Å². The van der Waals surface area contributed by atoms with E-state index in [4.69, 9.17) is 19.7 Å². The summed E-state index contributed by atoms with van der Waals surface area (Å²) in [6.07, 6.45) is 0.903. The van der Waals surface area contributed by atoms with Crippen LogP contribution in [0.2, 0.25) is 0 Å². The maximum atomic E-state index is 13.7. The van der Waals surface area contributed by atoms with Gasteiger partial charge in [0.05, 0.1) is 17.6 Å². The van der Waals surface area contributed by atoms with Gasteiger partial charge in [-0.1, -0.05) is 26.0 Å². The summed E-state index contributed by atoms with van der Waals surface area (Å²) in [5.41, 5.74) is 4.09. The monoisotopic (exact) mass is 441 g/mol. The first-order chi connectivity index (χ1) is 16.0. The number of hydrogen-bond donors (Lipinski definition) is 0. The fourth-order valence-electron chi connectivity index (χ4n) is 4.18. The van der Waals surface area contributed by atoms with Crippen LogP contribution in [0.1, 0.15) is 33.0 Å². The predicted molar refractivity (Wildman–Crippen MR) is 131 cm³/mol. The van der Waals surface area contributed by atoms with E-state index in [0.29, 0.717) is 47.1 Å². The fraction of sp³-hybridized carbons (Fsp3) is 0.308. The van der Waals surface area contributed by atoms with Gasteiger partial charge in [-0.15, -0.1) is 0 Å². The Morgan fingerprint density at radius 1 is 0.939 bits per heavy atom. The molecule has 0 unspecified atom stereocenters. The first-order valence-corrected chi connectivity index (χ1v) is 11.4. The molecule has 0 atom stereocenters. The highest BCUT2D eigenvalue weighted by Gasteiger charge is 2.22. The van der Waals surface area contributed by atoms with Crippen molar-refractivity contribution in [2.75, 3.05) is 6.61 Å². The zero-order chi connectivity index (χ0) is 23.1. The standard InChI is InChI=1S/C26H27N5O2/c1-5-33-19-12-10-18(11-13-19)31-24-22(26(32)30(17(4)27-24)15-14-16(2)3)23-25(31)29-21-9-7-6-8-20(21)28-23/h6-13,16H,5,14-15H2,1-4H3. The summed E-state index contributed by atoms with van der Waals surface area (Å²) in [5.74, 6) is 1.97. The number of benzene rings is 2. The van der Waals surface area contributed by atoms with E-state index in [9.17, 15) is 4.79 Å². The lowest BCUT2D eigenvalue weighted by Gasteiger charge is -2.12. The third-order valence-corrected chi connectivity index (χ3v) is 5.89. The Labute approximate surface area is 191 Å². The Balaban J connectivity index is 1.85. The molecule has 3 heterocycles. The van der Waals surface area contributed by atoms with Crippen molar-refractivity contribution < 1.29 is 4.74 Å². The Bertz CT molecular complexity index is 1530. The molecular weight excluding hydrogens is 414 g/mol. The van der Waals surface area contributed by atoms with Crippen LogP contribution in [0.15, 0.2) is 53.3 Å². The number of hydrogen-bond acceptors (Lipinski definition) is 5. The maximum absolute atomic E-state index is 13.7. The second-order valence-corrected chi connectivity index (χ2v) is 8.64. The van der Waals surface area contributed by atoms with Gasteiger partial charge in [0.2, 0.25) is 0 Å². The van der Waals surface area contributed by atoms with Crippen LogP contribution in [0.5, 0.6) is 5.75 Å². The van der Waals surface area contributed by atoms with E-state index in [-0.39, 0.29) is 5.56 Å². The van der Waals surface area contributed by atoms with Crippen LogP contribution in [0.4, 0.5) is 0 Å². The third-order valence-electron chi connectivity index (χ3n) is 5.89. The average molecular weight is 442 g/mol. The van der Waals surface area contributed by atoms with Crippen molar-refractivity contribution in [1.82, 2.24) is 24.1 Å². The lowest BCUT2D eigenvalue weighted by Crippen LogP contribution is -2.24. The molecule has 0 amide bonds. The van der Waals surface area contributed by atoms with Gasteiger partial charge in [0, 0.05) is 12.2 Å². The van der Waals surface area contributed by atoms with Crippen molar-refractivity contribution in [2.45, 2.75) is 40.7 Å². The van der Waals surface area contributed by atoms with Crippen LogP contribution in [-0.4, -0.2) is 30.7 Å². The summed E-state index contributed by atoms with van der Waals surface area (Å²) in [4.78, 5) is 28.4. The third kappa shape index (κ3) is 3.63. The number of rotatable bonds is 6. The Morgan fingerprint density at radius 3 is 2.30 bits per heavy atom. The number of nitrogens with zero attached hydrogens (tertiary/aromatic N) is 5. The highest BCUT2D eigenvalue weighted by Crippen LogP contribution is 2.29. The minimum atomic E-state index is -0.0718. The van der Waals surface area contributed by atoms with Crippen LogP contribution in [0.25, 0.3) is 38.9 Å². The first kappa shape index (κ1) is 21.1. The Morgan fingerprint density at radius 2 is 1.64 bits per heavy atom. The summed E-state index contributed by atoms with van der Waals surface area (Å²) >= 11 is 0. The van der Waals surface area contributed by atoms with Gasteiger partial charge in [-0.25, -0.2) is 15.0 Å². The zero-order valence-corrected chi connectivity index (χ0v) is 19.4. The van der Waals surface area contributed by atoms with E-state index in [1.807, 2.05) is 66.9 Å². The van der Waals surface area contributed by atoms with Gasteiger partial charge < -0.3 is 4.74 Å². The van der Waals surface area contributed by atoms with Crippen molar-refractivity contribution in [3.63, 3.8) is 0 Å². The topological polar surface area (TPSA) is 74.8 Å². The van der Waals surface area contributed by atoms with Gasteiger partial charge in [0.15, 0.2) is 11.3 Å². The van der Waals surface area contributed by atoms with Crippen LogP contribution in [0, 0.1) is 12.8 Å². The fourth-order valence-corrected chi connectivity index (χ4v) is 4.18. The minimum Gasteiger partial charge on any atom is -0.494 e. The molecule has 0 radical (unpaired) electrons. The molecule has 0 aliphatic heterocycles. The van der Waals surface area contributed by atoms with Crippen molar-refractivity contribution >= 4 is 33.2 Å². The molecule has 0 bridgehead atoms. The molecule has 168 valence electrons. The second-order valence-electron chi connectivity index (χ2n) is 8.64. The van der Waals surface area contributed by atoms with Crippen molar-refractivity contribution in [3.8, 4) is 11.4 Å². The van der Waals surface area contributed by atoms with Crippen LogP contribution < -0.4 is 10.3 Å². The molecule has 0 N–H and O–H groups in total. The quantitative estimate of drug-likeness (QED) is 0.369. The van der Waals surface area contributed by atoms with Crippen molar-refractivity contribution in [3.05, 3.63) is 64.7 Å². The largest absolute Gasteiger partial charge is 0.494 e. The molecular formula is C26H27N5O2. The summed E-state index contributed by atoms with van der Waals surface area (Å²) in [5, 5.41) is 0.506. The maximum Gasteiger partial charge on any atom is 0.265 e. The van der Waals surface area contributed by atoms with Gasteiger partial charge in [-0.3, -0.25) is 13.9 Å². The summed E-state index contributed by atoms with van der Waals surface area (Å²) in [6, 6.07) is 15.5. The van der Waals surface area contributed by atoms with Crippen LogP contribution >= 0.6 is 0 Å². The molecule has 7 nitrogen and oxygen atoms in total. The van der Waals surface area contributed by atoms with Crippen LogP contribution in [-0.2, 0) is 6.54 Å². The van der Waals surface area contributed by atoms with E-state index in [1.54, 1.807) is 4.57 Å². The van der Waals surface area contributed by atoms with Gasteiger partial charge in [-0.2, -0.15) is 0 Å². The molecule has 5 aromatic rings. The SMILES string of the molecule is CCOc1ccc(-n2c3nc4ccccc4nc3c3c(=O)n(CCC(C)C)c(C)nc32)cc1. The van der Waals surface area contributed by atoms with E-state index >= 15 is 0 Å². The zero-order valence-electron chi connectivity index (χ0n) is 19.4. The van der Waals surface area contributed by atoms with Crippen LogP contribution in [0.3, 0.4) is 0 Å². The molecule has 33 heavy (non-hydrogen) atoms. The number of aromatic nitrogens is 5. The predicted octanol–water partition coefficient (Wildman–Crippen LogP) is 5.04.